The maximum absolute atomic E-state index is 6.15. The molecule has 0 aliphatic rings. The minimum atomic E-state index is 0.210. The zero-order valence-corrected chi connectivity index (χ0v) is 12.9. The van der Waals surface area contributed by atoms with E-state index in [0.29, 0.717) is 5.92 Å². The van der Waals surface area contributed by atoms with Gasteiger partial charge in [0, 0.05) is 17.8 Å². The van der Waals surface area contributed by atoms with Crippen molar-refractivity contribution in [3.8, 4) is 11.4 Å². The SMILES string of the molecule is Cc1cccc(-c2nnnn2CC(C)C(C)(C)C)c1N. The molecule has 1 atom stereocenters. The lowest BCUT2D eigenvalue weighted by molar-refractivity contribution is 0.225. The molecule has 1 unspecified atom stereocenters. The second kappa shape index (κ2) is 5.23. The number of aromatic nitrogens is 4. The highest BCUT2D eigenvalue weighted by molar-refractivity contribution is 5.73. The summed E-state index contributed by atoms with van der Waals surface area (Å²) in [5.74, 6) is 1.19. The second-order valence-electron chi connectivity index (χ2n) is 6.49. The predicted molar refractivity (Wildman–Crippen MR) is 81.0 cm³/mol. The van der Waals surface area contributed by atoms with Crippen LogP contribution in [0.15, 0.2) is 18.2 Å². The molecule has 0 radical (unpaired) electrons. The minimum absolute atomic E-state index is 0.210. The van der Waals surface area contributed by atoms with E-state index in [4.69, 9.17) is 5.73 Å². The van der Waals surface area contributed by atoms with Crippen molar-refractivity contribution in [2.24, 2.45) is 11.3 Å². The van der Waals surface area contributed by atoms with Gasteiger partial charge >= 0.3 is 0 Å². The van der Waals surface area contributed by atoms with E-state index in [1.165, 1.54) is 0 Å². The lowest BCUT2D eigenvalue weighted by atomic mass is 9.82. The fraction of sp³-hybridized carbons (Fsp3) is 0.533. The highest BCUT2D eigenvalue weighted by Crippen LogP contribution is 2.30. The van der Waals surface area contributed by atoms with Gasteiger partial charge in [-0.2, -0.15) is 0 Å². The van der Waals surface area contributed by atoms with Crippen molar-refractivity contribution in [2.45, 2.75) is 41.2 Å². The predicted octanol–water partition coefficient (Wildman–Crippen LogP) is 2.91. The van der Waals surface area contributed by atoms with E-state index >= 15 is 0 Å². The van der Waals surface area contributed by atoms with Gasteiger partial charge < -0.3 is 5.73 Å². The molecule has 0 fully saturated rings. The third-order valence-electron chi connectivity index (χ3n) is 4.02. The molecule has 108 valence electrons. The van der Waals surface area contributed by atoms with Crippen LogP contribution >= 0.6 is 0 Å². The van der Waals surface area contributed by atoms with Crippen molar-refractivity contribution in [1.82, 2.24) is 20.2 Å². The van der Waals surface area contributed by atoms with E-state index in [2.05, 4.69) is 43.2 Å². The van der Waals surface area contributed by atoms with Crippen LogP contribution in [-0.4, -0.2) is 20.2 Å². The molecule has 1 aromatic heterocycles. The Labute approximate surface area is 120 Å². The number of nitrogens with zero attached hydrogens (tertiary/aromatic N) is 4. The number of hydrogen-bond acceptors (Lipinski definition) is 4. The standard InChI is InChI=1S/C15H23N5/c1-10-7-6-8-12(13(10)16)14-17-18-19-20(14)9-11(2)15(3,4)5/h6-8,11H,9,16H2,1-5H3. The Kier molecular flexibility index (Phi) is 3.79. The maximum atomic E-state index is 6.15. The summed E-state index contributed by atoms with van der Waals surface area (Å²) >= 11 is 0. The smallest absolute Gasteiger partial charge is 0.184 e. The van der Waals surface area contributed by atoms with Crippen LogP contribution in [-0.2, 0) is 6.54 Å². The highest BCUT2D eigenvalue weighted by Gasteiger charge is 2.23. The van der Waals surface area contributed by atoms with Gasteiger partial charge in [0.25, 0.3) is 0 Å². The van der Waals surface area contributed by atoms with Crippen LogP contribution in [0.4, 0.5) is 5.69 Å². The summed E-state index contributed by atoms with van der Waals surface area (Å²) < 4.78 is 1.85. The topological polar surface area (TPSA) is 69.6 Å². The first-order valence-corrected chi connectivity index (χ1v) is 6.92. The van der Waals surface area contributed by atoms with Gasteiger partial charge in [-0.3, -0.25) is 0 Å². The van der Waals surface area contributed by atoms with Crippen molar-refractivity contribution in [3.05, 3.63) is 23.8 Å². The molecule has 0 aliphatic carbocycles. The van der Waals surface area contributed by atoms with Crippen molar-refractivity contribution < 1.29 is 0 Å². The van der Waals surface area contributed by atoms with E-state index < -0.39 is 0 Å². The molecule has 2 aromatic rings. The van der Waals surface area contributed by atoms with Gasteiger partial charge in [0.2, 0.25) is 0 Å². The van der Waals surface area contributed by atoms with Crippen molar-refractivity contribution in [3.63, 3.8) is 0 Å². The third kappa shape index (κ3) is 2.81. The molecule has 1 heterocycles. The maximum Gasteiger partial charge on any atom is 0.184 e. The van der Waals surface area contributed by atoms with E-state index in [-0.39, 0.29) is 5.41 Å². The number of nitrogens with two attached hydrogens (primary N) is 1. The van der Waals surface area contributed by atoms with Gasteiger partial charge in [0.05, 0.1) is 0 Å². The highest BCUT2D eigenvalue weighted by atomic mass is 15.5. The van der Waals surface area contributed by atoms with Crippen LogP contribution in [0.25, 0.3) is 11.4 Å². The molecule has 0 amide bonds. The number of tetrazole rings is 1. The molecular weight excluding hydrogens is 250 g/mol. The third-order valence-corrected chi connectivity index (χ3v) is 4.02. The van der Waals surface area contributed by atoms with E-state index in [9.17, 15) is 0 Å². The number of aryl methyl sites for hydroxylation is 1. The molecule has 20 heavy (non-hydrogen) atoms. The number of anilines is 1. The number of nitrogen functional groups attached to an aromatic ring is 1. The minimum Gasteiger partial charge on any atom is -0.398 e. The summed E-state index contributed by atoms with van der Waals surface area (Å²) in [6, 6.07) is 5.93. The molecule has 0 spiro atoms. The summed E-state index contributed by atoms with van der Waals surface area (Å²) in [4.78, 5) is 0. The van der Waals surface area contributed by atoms with E-state index in [1.807, 2.05) is 29.8 Å². The van der Waals surface area contributed by atoms with Crippen molar-refractivity contribution >= 4 is 5.69 Å². The van der Waals surface area contributed by atoms with Crippen LogP contribution < -0.4 is 5.73 Å². The van der Waals surface area contributed by atoms with Gasteiger partial charge in [-0.15, -0.1) is 5.10 Å². The van der Waals surface area contributed by atoms with Crippen LogP contribution in [0, 0.1) is 18.3 Å². The van der Waals surface area contributed by atoms with Crippen molar-refractivity contribution in [1.29, 1.82) is 0 Å². The number of rotatable bonds is 3. The van der Waals surface area contributed by atoms with Crippen molar-refractivity contribution in [2.75, 3.05) is 5.73 Å². The second-order valence-corrected chi connectivity index (χ2v) is 6.49. The molecule has 0 saturated carbocycles. The van der Waals surface area contributed by atoms with Crippen LogP contribution in [0.1, 0.15) is 33.3 Å². The molecular formula is C15H23N5. The number of benzene rings is 1. The number of para-hydroxylation sites is 1. The Morgan fingerprint density at radius 3 is 2.65 bits per heavy atom. The summed E-state index contributed by atoms with van der Waals surface area (Å²) in [5, 5.41) is 12.1. The Bertz CT molecular complexity index is 595. The van der Waals surface area contributed by atoms with Crippen LogP contribution in [0.5, 0.6) is 0 Å². The fourth-order valence-corrected chi connectivity index (χ4v) is 1.93. The molecule has 5 nitrogen and oxygen atoms in total. The lowest BCUT2D eigenvalue weighted by Gasteiger charge is -2.27. The lowest BCUT2D eigenvalue weighted by Crippen LogP contribution is -2.23. The average molecular weight is 273 g/mol. The molecule has 0 saturated heterocycles. The summed E-state index contributed by atoms with van der Waals surface area (Å²) in [6.07, 6.45) is 0. The largest absolute Gasteiger partial charge is 0.398 e. The summed E-state index contributed by atoms with van der Waals surface area (Å²) in [5.41, 5.74) is 9.04. The monoisotopic (exact) mass is 273 g/mol. The van der Waals surface area contributed by atoms with Gasteiger partial charge in [0.15, 0.2) is 5.82 Å². The van der Waals surface area contributed by atoms with E-state index in [1.54, 1.807) is 0 Å². The Morgan fingerprint density at radius 1 is 1.30 bits per heavy atom. The average Bonchev–Trinajstić information content (AvgIpc) is 2.79. The first-order chi connectivity index (χ1) is 9.30. The van der Waals surface area contributed by atoms with Gasteiger partial charge in [-0.05, 0) is 40.3 Å². The Hall–Kier alpha value is -1.91. The fourth-order valence-electron chi connectivity index (χ4n) is 1.93. The zero-order valence-electron chi connectivity index (χ0n) is 12.9. The molecule has 2 rings (SSSR count). The first-order valence-electron chi connectivity index (χ1n) is 6.92. The molecule has 0 aliphatic heterocycles. The van der Waals surface area contributed by atoms with Gasteiger partial charge in [0.1, 0.15) is 0 Å². The first kappa shape index (κ1) is 14.5. The van der Waals surface area contributed by atoms with Crippen LogP contribution in [0.3, 0.4) is 0 Å². The Morgan fingerprint density at radius 2 is 2.00 bits per heavy atom. The molecule has 0 bridgehead atoms. The summed E-state index contributed by atoms with van der Waals surface area (Å²) in [6.45, 7) is 11.7. The van der Waals surface area contributed by atoms with Gasteiger partial charge in [-0.1, -0.05) is 39.8 Å². The Balaban J connectivity index is 2.36. The molecule has 1 aromatic carbocycles. The number of hydrogen-bond donors (Lipinski definition) is 1. The molecule has 5 heteroatoms. The van der Waals surface area contributed by atoms with Crippen LogP contribution in [0.2, 0.25) is 0 Å². The summed E-state index contributed by atoms with van der Waals surface area (Å²) in [7, 11) is 0. The van der Waals surface area contributed by atoms with E-state index in [0.717, 1.165) is 29.2 Å². The normalized spacial score (nSPS) is 13.4. The quantitative estimate of drug-likeness (QED) is 0.873. The molecule has 2 N–H and O–H groups in total. The zero-order chi connectivity index (χ0) is 14.9. The van der Waals surface area contributed by atoms with Gasteiger partial charge in [-0.25, -0.2) is 4.68 Å².